The van der Waals surface area contributed by atoms with Crippen molar-refractivity contribution in [1.29, 1.82) is 0 Å². The monoisotopic (exact) mass is 297 g/mol. The minimum atomic E-state index is 0.581. The molecule has 1 aliphatic rings. The molecular formula is C19H23NS. The van der Waals surface area contributed by atoms with Gasteiger partial charge in [-0.2, -0.15) is 0 Å². The number of aryl methyl sites for hydroxylation is 1. The van der Waals surface area contributed by atoms with Crippen LogP contribution in [0.3, 0.4) is 0 Å². The summed E-state index contributed by atoms with van der Waals surface area (Å²) in [6.45, 7) is 2.98. The fourth-order valence-corrected chi connectivity index (χ4v) is 4.62. The molecular weight excluding hydrogens is 274 g/mol. The van der Waals surface area contributed by atoms with Crippen molar-refractivity contribution in [3.8, 4) is 0 Å². The van der Waals surface area contributed by atoms with Crippen LogP contribution < -0.4 is 5.73 Å². The van der Waals surface area contributed by atoms with Crippen LogP contribution in [0.2, 0.25) is 0 Å². The number of hydrogen-bond donors (Lipinski definition) is 1. The van der Waals surface area contributed by atoms with Crippen LogP contribution in [0.1, 0.15) is 23.1 Å². The highest BCUT2D eigenvalue weighted by molar-refractivity contribution is 8.00. The van der Waals surface area contributed by atoms with Crippen LogP contribution in [-0.2, 0) is 12.8 Å². The molecule has 2 aromatic carbocycles. The molecule has 2 N–H and O–H groups in total. The van der Waals surface area contributed by atoms with Gasteiger partial charge in [-0.05, 0) is 61.4 Å². The highest BCUT2D eigenvalue weighted by Gasteiger charge is 2.24. The molecule has 2 aromatic rings. The Morgan fingerprint density at radius 3 is 2.67 bits per heavy atom. The van der Waals surface area contributed by atoms with Gasteiger partial charge in [-0.1, -0.05) is 42.5 Å². The number of thioether (sulfide) groups is 1. The lowest BCUT2D eigenvalue weighted by atomic mass is 9.91. The molecule has 0 aliphatic carbocycles. The molecule has 2 heteroatoms. The van der Waals surface area contributed by atoms with Gasteiger partial charge in [0.05, 0.1) is 0 Å². The minimum Gasteiger partial charge on any atom is -0.330 e. The quantitative estimate of drug-likeness (QED) is 0.894. The number of fused-ring (bicyclic) bond motifs is 1. The average molecular weight is 297 g/mol. The Morgan fingerprint density at radius 1 is 1.14 bits per heavy atom. The zero-order chi connectivity index (χ0) is 14.7. The minimum absolute atomic E-state index is 0.581. The zero-order valence-electron chi connectivity index (χ0n) is 12.6. The van der Waals surface area contributed by atoms with E-state index in [-0.39, 0.29) is 0 Å². The molecule has 0 bridgehead atoms. The molecule has 1 heterocycles. The molecule has 0 aromatic heterocycles. The van der Waals surface area contributed by atoms with Gasteiger partial charge in [-0.3, -0.25) is 0 Å². The van der Waals surface area contributed by atoms with Crippen molar-refractivity contribution in [2.45, 2.75) is 36.3 Å². The van der Waals surface area contributed by atoms with Gasteiger partial charge >= 0.3 is 0 Å². The van der Waals surface area contributed by atoms with Gasteiger partial charge in [0.1, 0.15) is 0 Å². The molecule has 21 heavy (non-hydrogen) atoms. The highest BCUT2D eigenvalue weighted by atomic mass is 32.2. The maximum Gasteiger partial charge on any atom is 0.0138 e. The third-order valence-corrected chi connectivity index (χ3v) is 5.76. The molecule has 0 radical (unpaired) electrons. The van der Waals surface area contributed by atoms with Crippen LogP contribution in [-0.4, -0.2) is 11.8 Å². The van der Waals surface area contributed by atoms with Crippen LogP contribution in [0.5, 0.6) is 0 Å². The standard InChI is InChI=1S/C19H23NS/c1-14-6-2-3-7-16(14)10-15(13-20)11-18-12-17-8-4-5-9-19(17)21-18/h2-9,15,18H,10-13,20H2,1H3. The average Bonchev–Trinajstić information content (AvgIpc) is 2.91. The van der Waals surface area contributed by atoms with E-state index in [1.807, 2.05) is 11.8 Å². The lowest BCUT2D eigenvalue weighted by Gasteiger charge is -2.19. The van der Waals surface area contributed by atoms with Crippen molar-refractivity contribution < 1.29 is 0 Å². The van der Waals surface area contributed by atoms with E-state index in [2.05, 4.69) is 55.5 Å². The van der Waals surface area contributed by atoms with Gasteiger partial charge in [0.15, 0.2) is 0 Å². The summed E-state index contributed by atoms with van der Waals surface area (Å²) in [5.41, 5.74) is 10.4. The summed E-state index contributed by atoms with van der Waals surface area (Å²) in [5.74, 6) is 0.581. The number of nitrogens with two attached hydrogens (primary N) is 1. The fraction of sp³-hybridized carbons (Fsp3) is 0.368. The Morgan fingerprint density at radius 2 is 1.90 bits per heavy atom. The first-order valence-electron chi connectivity index (χ1n) is 7.75. The van der Waals surface area contributed by atoms with Gasteiger partial charge in [-0.25, -0.2) is 0 Å². The highest BCUT2D eigenvalue weighted by Crippen LogP contribution is 2.39. The van der Waals surface area contributed by atoms with Gasteiger partial charge in [-0.15, -0.1) is 11.8 Å². The second-order valence-electron chi connectivity index (χ2n) is 6.02. The molecule has 2 atom stereocenters. The summed E-state index contributed by atoms with van der Waals surface area (Å²) < 4.78 is 0. The first-order valence-corrected chi connectivity index (χ1v) is 8.63. The van der Waals surface area contributed by atoms with Crippen LogP contribution in [0.4, 0.5) is 0 Å². The summed E-state index contributed by atoms with van der Waals surface area (Å²) in [5, 5.41) is 0.694. The van der Waals surface area contributed by atoms with E-state index in [1.54, 1.807) is 0 Å². The Labute approximate surface area is 132 Å². The van der Waals surface area contributed by atoms with E-state index >= 15 is 0 Å². The van der Waals surface area contributed by atoms with Crippen LogP contribution in [0.25, 0.3) is 0 Å². The number of hydrogen-bond acceptors (Lipinski definition) is 2. The first-order chi connectivity index (χ1) is 10.3. The Bertz CT molecular complexity index is 583. The maximum absolute atomic E-state index is 6.04. The number of rotatable bonds is 5. The summed E-state index contributed by atoms with van der Waals surface area (Å²) in [4.78, 5) is 1.47. The van der Waals surface area contributed by atoms with E-state index in [1.165, 1.54) is 34.4 Å². The van der Waals surface area contributed by atoms with E-state index in [4.69, 9.17) is 5.73 Å². The normalized spacial score (nSPS) is 18.5. The van der Waals surface area contributed by atoms with E-state index < -0.39 is 0 Å². The molecule has 0 amide bonds. The smallest absolute Gasteiger partial charge is 0.0138 e. The van der Waals surface area contributed by atoms with Crippen molar-refractivity contribution in [1.82, 2.24) is 0 Å². The molecule has 0 saturated carbocycles. The van der Waals surface area contributed by atoms with Gasteiger partial charge in [0, 0.05) is 10.1 Å². The first kappa shape index (κ1) is 14.7. The van der Waals surface area contributed by atoms with Crippen molar-refractivity contribution in [2.24, 2.45) is 11.7 Å². The molecule has 1 nitrogen and oxygen atoms in total. The predicted octanol–water partition coefficient (Wildman–Crippen LogP) is 4.22. The Hall–Kier alpha value is -1.25. The van der Waals surface area contributed by atoms with Crippen molar-refractivity contribution in [3.63, 3.8) is 0 Å². The molecule has 110 valence electrons. The van der Waals surface area contributed by atoms with Crippen molar-refractivity contribution in [2.75, 3.05) is 6.54 Å². The topological polar surface area (TPSA) is 26.0 Å². The second-order valence-corrected chi connectivity index (χ2v) is 7.36. The van der Waals surface area contributed by atoms with Gasteiger partial charge < -0.3 is 5.73 Å². The van der Waals surface area contributed by atoms with Gasteiger partial charge in [0.2, 0.25) is 0 Å². The van der Waals surface area contributed by atoms with Crippen molar-refractivity contribution >= 4 is 11.8 Å². The lowest BCUT2D eigenvalue weighted by Crippen LogP contribution is -2.21. The van der Waals surface area contributed by atoms with E-state index in [0.717, 1.165) is 13.0 Å². The summed E-state index contributed by atoms with van der Waals surface area (Å²) >= 11 is 2.04. The third-order valence-electron chi connectivity index (χ3n) is 4.41. The molecule has 2 unspecified atom stereocenters. The van der Waals surface area contributed by atoms with Crippen LogP contribution >= 0.6 is 11.8 Å². The van der Waals surface area contributed by atoms with Crippen LogP contribution in [0, 0.1) is 12.8 Å². The van der Waals surface area contributed by atoms with E-state index in [0.29, 0.717) is 11.2 Å². The molecule has 0 saturated heterocycles. The predicted molar refractivity (Wildman–Crippen MR) is 91.8 cm³/mol. The molecule has 1 aliphatic heterocycles. The zero-order valence-corrected chi connectivity index (χ0v) is 13.4. The van der Waals surface area contributed by atoms with Gasteiger partial charge in [0.25, 0.3) is 0 Å². The Kier molecular flexibility index (Phi) is 4.67. The third kappa shape index (κ3) is 3.50. The molecule has 0 fully saturated rings. The molecule has 0 spiro atoms. The maximum atomic E-state index is 6.04. The van der Waals surface area contributed by atoms with Crippen molar-refractivity contribution in [3.05, 3.63) is 65.2 Å². The largest absolute Gasteiger partial charge is 0.330 e. The SMILES string of the molecule is Cc1ccccc1CC(CN)CC1Cc2ccccc2S1. The molecule has 3 rings (SSSR count). The summed E-state index contributed by atoms with van der Waals surface area (Å²) in [6.07, 6.45) is 3.52. The second kappa shape index (κ2) is 6.67. The summed E-state index contributed by atoms with van der Waals surface area (Å²) in [6, 6.07) is 17.5. The Balaban J connectivity index is 1.63. The lowest BCUT2D eigenvalue weighted by molar-refractivity contribution is 0.484. The fourth-order valence-electron chi connectivity index (χ4n) is 3.17. The van der Waals surface area contributed by atoms with E-state index in [9.17, 15) is 0 Å². The van der Waals surface area contributed by atoms with Crippen LogP contribution in [0.15, 0.2) is 53.4 Å². The number of benzene rings is 2. The summed E-state index contributed by atoms with van der Waals surface area (Å²) in [7, 11) is 0.